The first-order chi connectivity index (χ1) is 14.7. The van der Waals surface area contributed by atoms with Crippen LogP contribution in [0.2, 0.25) is 0 Å². The van der Waals surface area contributed by atoms with Crippen LogP contribution in [0.1, 0.15) is 49.8 Å². The minimum absolute atomic E-state index is 0.0571. The molecule has 1 saturated heterocycles. The molecular formula is C25H32N2O3. The third kappa shape index (κ3) is 6.78. The van der Waals surface area contributed by atoms with Crippen molar-refractivity contribution >= 4 is 11.8 Å². The number of benzene rings is 2. The van der Waals surface area contributed by atoms with Gasteiger partial charge in [-0.05, 0) is 43.5 Å². The van der Waals surface area contributed by atoms with Gasteiger partial charge in [-0.3, -0.25) is 9.59 Å². The summed E-state index contributed by atoms with van der Waals surface area (Å²) >= 11 is 0. The molecular weight excluding hydrogens is 376 g/mol. The molecule has 1 fully saturated rings. The second-order valence-electron chi connectivity index (χ2n) is 8.02. The molecule has 0 radical (unpaired) electrons. The maximum Gasteiger partial charge on any atom is 0.328 e. The zero-order chi connectivity index (χ0) is 21.2. The summed E-state index contributed by atoms with van der Waals surface area (Å²) in [6.45, 7) is 4.86. The van der Waals surface area contributed by atoms with Crippen molar-refractivity contribution in [2.75, 3.05) is 19.6 Å². The van der Waals surface area contributed by atoms with Gasteiger partial charge < -0.3 is 9.74 Å². The molecule has 0 bridgehead atoms. The lowest BCUT2D eigenvalue weighted by molar-refractivity contribution is -0.160. The zero-order valence-corrected chi connectivity index (χ0v) is 17.8. The fourth-order valence-corrected chi connectivity index (χ4v) is 3.90. The molecule has 1 unspecified atom stereocenters. The predicted molar refractivity (Wildman–Crippen MR) is 118 cm³/mol. The van der Waals surface area contributed by atoms with Crippen LogP contribution in [0.25, 0.3) is 0 Å². The number of Topliss-reactive ketones (excluding diaryl/α,β-unsaturated/α-hetero) is 1. The lowest BCUT2D eigenvalue weighted by atomic mass is 9.96. The average Bonchev–Trinajstić information content (AvgIpc) is 3.29. The van der Waals surface area contributed by atoms with Crippen LogP contribution in [0.5, 0.6) is 0 Å². The van der Waals surface area contributed by atoms with E-state index in [2.05, 4.69) is 10.4 Å². The van der Waals surface area contributed by atoms with Crippen LogP contribution in [-0.4, -0.2) is 36.3 Å². The first-order valence-corrected chi connectivity index (χ1v) is 10.9. The molecule has 0 aliphatic carbocycles. The number of likely N-dealkylation sites (tertiary alicyclic amines) is 1. The SMILES string of the molecule is CCC(CC(=O)Cc1ccccc1)C(=O)ON[C@H](CN1CCCC1)c1ccccc1. The third-order valence-electron chi connectivity index (χ3n) is 5.69. The number of ketones is 1. The van der Waals surface area contributed by atoms with E-state index in [1.165, 1.54) is 12.8 Å². The molecule has 1 heterocycles. The van der Waals surface area contributed by atoms with Gasteiger partial charge in [0, 0.05) is 19.4 Å². The highest BCUT2D eigenvalue weighted by Gasteiger charge is 2.25. The monoisotopic (exact) mass is 408 g/mol. The Morgan fingerprint density at radius 2 is 1.63 bits per heavy atom. The molecule has 2 atom stereocenters. The Labute approximate surface area is 179 Å². The van der Waals surface area contributed by atoms with Crippen LogP contribution in [0, 0.1) is 5.92 Å². The Morgan fingerprint density at radius 3 is 2.27 bits per heavy atom. The lowest BCUT2D eigenvalue weighted by Crippen LogP contribution is -2.36. The largest absolute Gasteiger partial charge is 0.370 e. The van der Waals surface area contributed by atoms with Gasteiger partial charge in [0.2, 0.25) is 0 Å². The summed E-state index contributed by atoms with van der Waals surface area (Å²) in [5.41, 5.74) is 5.06. The molecule has 1 N–H and O–H groups in total. The van der Waals surface area contributed by atoms with Gasteiger partial charge >= 0.3 is 5.97 Å². The summed E-state index contributed by atoms with van der Waals surface area (Å²) in [7, 11) is 0. The molecule has 5 nitrogen and oxygen atoms in total. The van der Waals surface area contributed by atoms with Gasteiger partial charge in [0.05, 0.1) is 12.0 Å². The van der Waals surface area contributed by atoms with Gasteiger partial charge in [0.1, 0.15) is 5.78 Å². The molecule has 2 aromatic carbocycles. The number of hydroxylamine groups is 1. The van der Waals surface area contributed by atoms with E-state index < -0.39 is 5.92 Å². The normalized spacial score (nSPS) is 16.2. The van der Waals surface area contributed by atoms with E-state index >= 15 is 0 Å². The van der Waals surface area contributed by atoms with E-state index in [1.54, 1.807) is 0 Å². The highest BCUT2D eigenvalue weighted by molar-refractivity contribution is 5.85. The number of carbonyl (C=O) groups excluding carboxylic acids is 2. The molecule has 3 rings (SSSR count). The maximum absolute atomic E-state index is 12.7. The van der Waals surface area contributed by atoms with Gasteiger partial charge in [-0.15, -0.1) is 5.48 Å². The molecule has 0 saturated carbocycles. The summed E-state index contributed by atoms with van der Waals surface area (Å²) in [5.74, 6) is -0.736. The fourth-order valence-electron chi connectivity index (χ4n) is 3.90. The smallest absolute Gasteiger partial charge is 0.328 e. The molecule has 160 valence electrons. The Hall–Kier alpha value is -2.50. The Balaban J connectivity index is 1.55. The minimum atomic E-state index is -0.433. The van der Waals surface area contributed by atoms with E-state index in [9.17, 15) is 9.59 Å². The van der Waals surface area contributed by atoms with Crippen molar-refractivity contribution in [1.29, 1.82) is 0 Å². The Bertz CT molecular complexity index is 789. The molecule has 5 heteroatoms. The molecule has 0 amide bonds. The maximum atomic E-state index is 12.7. The predicted octanol–water partition coefficient (Wildman–Crippen LogP) is 4.10. The van der Waals surface area contributed by atoms with Crippen LogP contribution in [-0.2, 0) is 20.8 Å². The average molecular weight is 409 g/mol. The fraction of sp³-hybridized carbons (Fsp3) is 0.440. The number of nitrogens with zero attached hydrogens (tertiary/aromatic N) is 1. The molecule has 2 aromatic rings. The molecule has 0 aromatic heterocycles. The van der Waals surface area contributed by atoms with Crippen molar-refractivity contribution in [3.63, 3.8) is 0 Å². The minimum Gasteiger partial charge on any atom is -0.370 e. The van der Waals surface area contributed by atoms with Crippen molar-refractivity contribution in [2.45, 2.75) is 45.1 Å². The number of nitrogens with one attached hydrogen (secondary N) is 1. The second-order valence-corrected chi connectivity index (χ2v) is 8.02. The summed E-state index contributed by atoms with van der Waals surface area (Å²) in [6.07, 6.45) is 3.54. The lowest BCUT2D eigenvalue weighted by Gasteiger charge is -2.25. The summed E-state index contributed by atoms with van der Waals surface area (Å²) in [6, 6.07) is 19.6. The van der Waals surface area contributed by atoms with Gasteiger partial charge in [0.15, 0.2) is 0 Å². The van der Waals surface area contributed by atoms with Gasteiger partial charge in [-0.1, -0.05) is 67.6 Å². The molecule has 1 aliphatic heterocycles. The molecule has 0 spiro atoms. The van der Waals surface area contributed by atoms with E-state index in [4.69, 9.17) is 4.84 Å². The number of carbonyl (C=O) groups is 2. The van der Waals surface area contributed by atoms with Gasteiger partial charge in [-0.2, -0.15) is 0 Å². The van der Waals surface area contributed by atoms with Crippen LogP contribution >= 0.6 is 0 Å². The molecule has 30 heavy (non-hydrogen) atoms. The molecule has 1 aliphatic rings. The van der Waals surface area contributed by atoms with Crippen molar-refractivity contribution in [2.24, 2.45) is 5.92 Å². The zero-order valence-electron chi connectivity index (χ0n) is 17.8. The topological polar surface area (TPSA) is 58.6 Å². The standard InChI is InChI=1S/C25H32N2O3/c1-2-21(18-23(28)17-20-11-5-3-6-12-20)25(29)30-26-24(19-27-15-9-10-16-27)22-13-7-4-8-14-22/h3-8,11-14,21,24,26H,2,9-10,15-19H2,1H3/t21?,24-/m1/s1. The third-order valence-corrected chi connectivity index (χ3v) is 5.69. The highest BCUT2D eigenvalue weighted by atomic mass is 16.7. The van der Waals surface area contributed by atoms with E-state index in [-0.39, 0.29) is 24.2 Å². The van der Waals surface area contributed by atoms with Crippen molar-refractivity contribution in [3.05, 3.63) is 71.8 Å². The Morgan fingerprint density at radius 1 is 1.00 bits per heavy atom. The van der Waals surface area contributed by atoms with Crippen molar-refractivity contribution < 1.29 is 14.4 Å². The van der Waals surface area contributed by atoms with Gasteiger partial charge in [-0.25, -0.2) is 0 Å². The first-order valence-electron chi connectivity index (χ1n) is 10.9. The van der Waals surface area contributed by atoms with Crippen LogP contribution in [0.3, 0.4) is 0 Å². The van der Waals surface area contributed by atoms with Crippen LogP contribution in [0.4, 0.5) is 0 Å². The van der Waals surface area contributed by atoms with Crippen molar-refractivity contribution in [1.82, 2.24) is 10.4 Å². The van der Waals surface area contributed by atoms with E-state index in [0.29, 0.717) is 12.8 Å². The van der Waals surface area contributed by atoms with Crippen LogP contribution in [0.15, 0.2) is 60.7 Å². The summed E-state index contributed by atoms with van der Waals surface area (Å²) in [5, 5.41) is 0. The Kier molecular flexibility index (Phi) is 8.60. The quantitative estimate of drug-likeness (QED) is 0.567. The summed E-state index contributed by atoms with van der Waals surface area (Å²) in [4.78, 5) is 33.0. The summed E-state index contributed by atoms with van der Waals surface area (Å²) < 4.78 is 0. The van der Waals surface area contributed by atoms with E-state index in [1.807, 2.05) is 67.6 Å². The van der Waals surface area contributed by atoms with Gasteiger partial charge in [0.25, 0.3) is 0 Å². The van der Waals surface area contributed by atoms with Crippen LogP contribution < -0.4 is 5.48 Å². The highest BCUT2D eigenvalue weighted by Crippen LogP contribution is 2.19. The number of hydrogen-bond donors (Lipinski definition) is 1. The van der Waals surface area contributed by atoms with E-state index in [0.717, 1.165) is 30.8 Å². The second kappa shape index (κ2) is 11.6. The number of hydrogen-bond acceptors (Lipinski definition) is 5. The van der Waals surface area contributed by atoms with Crippen molar-refractivity contribution in [3.8, 4) is 0 Å². The first kappa shape index (κ1) is 22.2. The number of rotatable bonds is 11.